The van der Waals surface area contributed by atoms with Gasteiger partial charge in [-0.05, 0) is 51.4 Å². The number of hydrogen-bond acceptors (Lipinski definition) is 3. The molecule has 3 aliphatic rings. The number of fused-ring (bicyclic) bond motifs is 2. The summed E-state index contributed by atoms with van der Waals surface area (Å²) < 4.78 is 5.52. The highest BCUT2D eigenvalue weighted by Gasteiger charge is 2.35. The zero-order chi connectivity index (χ0) is 13.2. The number of ether oxygens (including phenoxy) is 1. The average molecular weight is 266 g/mol. The molecule has 0 aromatic rings. The first kappa shape index (κ1) is 13.4. The van der Waals surface area contributed by atoms with Crippen LogP contribution in [0.1, 0.15) is 51.9 Å². The van der Waals surface area contributed by atoms with Crippen LogP contribution in [0.3, 0.4) is 0 Å². The number of piperidine rings is 1. The van der Waals surface area contributed by atoms with Gasteiger partial charge < -0.3 is 15.4 Å². The van der Waals surface area contributed by atoms with Crippen LogP contribution in [0.2, 0.25) is 0 Å². The van der Waals surface area contributed by atoms with Crippen molar-refractivity contribution in [3.63, 3.8) is 0 Å². The lowest BCUT2D eigenvalue weighted by Gasteiger charge is -2.36. The van der Waals surface area contributed by atoms with Crippen LogP contribution in [0.4, 0.5) is 0 Å². The molecule has 2 aliphatic heterocycles. The molecule has 3 rings (SSSR count). The van der Waals surface area contributed by atoms with Crippen molar-refractivity contribution in [1.82, 2.24) is 10.6 Å². The van der Waals surface area contributed by atoms with E-state index in [0.717, 1.165) is 25.9 Å². The molecule has 2 bridgehead atoms. The van der Waals surface area contributed by atoms with Crippen LogP contribution in [-0.2, 0) is 9.53 Å². The molecule has 0 aromatic carbocycles. The molecule has 19 heavy (non-hydrogen) atoms. The molecular weight excluding hydrogens is 240 g/mol. The molecule has 1 saturated carbocycles. The summed E-state index contributed by atoms with van der Waals surface area (Å²) in [5.41, 5.74) is 0. The van der Waals surface area contributed by atoms with E-state index >= 15 is 0 Å². The van der Waals surface area contributed by atoms with E-state index in [1.807, 2.05) is 6.92 Å². The first-order valence-electron chi connectivity index (χ1n) is 7.90. The molecule has 2 unspecified atom stereocenters. The van der Waals surface area contributed by atoms with Gasteiger partial charge in [-0.2, -0.15) is 0 Å². The van der Waals surface area contributed by atoms with E-state index in [4.69, 9.17) is 4.74 Å². The zero-order valence-corrected chi connectivity index (χ0v) is 11.9. The molecular formula is C15H26N2O2. The van der Waals surface area contributed by atoms with E-state index < -0.39 is 0 Å². The summed E-state index contributed by atoms with van der Waals surface area (Å²) in [6.45, 7) is 2.81. The summed E-state index contributed by atoms with van der Waals surface area (Å²) in [5, 5.41) is 6.79. The van der Waals surface area contributed by atoms with Gasteiger partial charge in [-0.25, -0.2) is 0 Å². The summed E-state index contributed by atoms with van der Waals surface area (Å²) in [4.78, 5) is 12.0. The van der Waals surface area contributed by atoms with Gasteiger partial charge in [-0.15, -0.1) is 0 Å². The number of nitrogens with one attached hydrogen (secondary N) is 2. The van der Waals surface area contributed by atoms with Crippen molar-refractivity contribution in [3.8, 4) is 0 Å². The van der Waals surface area contributed by atoms with Crippen LogP contribution < -0.4 is 10.6 Å². The van der Waals surface area contributed by atoms with Crippen LogP contribution in [0.5, 0.6) is 0 Å². The lowest BCUT2D eigenvalue weighted by Crippen LogP contribution is -2.48. The Morgan fingerprint density at radius 2 is 1.89 bits per heavy atom. The number of amides is 1. The number of hydrogen-bond donors (Lipinski definition) is 2. The third-order valence-corrected chi connectivity index (χ3v) is 4.91. The van der Waals surface area contributed by atoms with Crippen LogP contribution in [0.25, 0.3) is 0 Å². The number of rotatable bonds is 5. The van der Waals surface area contributed by atoms with Crippen molar-refractivity contribution < 1.29 is 9.53 Å². The Morgan fingerprint density at radius 1 is 1.21 bits per heavy atom. The molecule has 2 N–H and O–H groups in total. The van der Waals surface area contributed by atoms with E-state index in [1.54, 1.807) is 0 Å². The SMILES string of the molecule is CCOC1CC(NC(=O)CC2CC3CCC(C2)N3)C1. The Balaban J connectivity index is 1.36. The Hall–Kier alpha value is -0.610. The smallest absolute Gasteiger partial charge is 0.220 e. The molecule has 1 aliphatic carbocycles. The lowest BCUT2D eigenvalue weighted by molar-refractivity contribution is -0.124. The third-order valence-electron chi connectivity index (χ3n) is 4.91. The normalized spacial score (nSPS) is 40.8. The molecule has 0 aromatic heterocycles. The molecule has 4 heteroatoms. The molecule has 2 saturated heterocycles. The molecule has 0 radical (unpaired) electrons. The van der Waals surface area contributed by atoms with Crippen LogP contribution in [-0.4, -0.2) is 36.7 Å². The van der Waals surface area contributed by atoms with Gasteiger partial charge in [-0.1, -0.05) is 0 Å². The minimum atomic E-state index is 0.256. The van der Waals surface area contributed by atoms with Crippen molar-refractivity contribution in [2.75, 3.05) is 6.61 Å². The van der Waals surface area contributed by atoms with Crippen molar-refractivity contribution in [3.05, 3.63) is 0 Å². The Morgan fingerprint density at radius 3 is 2.53 bits per heavy atom. The Kier molecular flexibility index (Phi) is 4.08. The van der Waals surface area contributed by atoms with E-state index in [2.05, 4.69) is 10.6 Å². The summed E-state index contributed by atoms with van der Waals surface area (Å²) in [7, 11) is 0. The predicted octanol–water partition coefficient (Wildman–Crippen LogP) is 1.59. The van der Waals surface area contributed by atoms with Gasteiger partial charge in [0.25, 0.3) is 0 Å². The van der Waals surface area contributed by atoms with Crippen LogP contribution in [0.15, 0.2) is 0 Å². The standard InChI is InChI=1S/C15H26N2O2/c1-2-19-14-8-13(9-14)17-15(18)7-10-5-11-3-4-12(6-10)16-11/h10-14,16H,2-9H2,1H3,(H,17,18). The number of carbonyl (C=O) groups excluding carboxylic acids is 1. The van der Waals surface area contributed by atoms with Gasteiger partial charge in [0.15, 0.2) is 0 Å². The average Bonchev–Trinajstić information content (AvgIpc) is 2.66. The zero-order valence-electron chi connectivity index (χ0n) is 11.9. The highest BCUT2D eigenvalue weighted by atomic mass is 16.5. The van der Waals surface area contributed by atoms with Gasteiger partial charge in [0, 0.05) is 31.2 Å². The van der Waals surface area contributed by atoms with Crippen molar-refractivity contribution in [2.45, 2.75) is 76.1 Å². The van der Waals surface area contributed by atoms with Gasteiger partial charge in [0.1, 0.15) is 0 Å². The second-order valence-electron chi connectivity index (χ2n) is 6.49. The van der Waals surface area contributed by atoms with Gasteiger partial charge in [0.2, 0.25) is 5.91 Å². The highest BCUT2D eigenvalue weighted by molar-refractivity contribution is 5.76. The second kappa shape index (κ2) is 5.80. The largest absolute Gasteiger partial charge is 0.378 e. The maximum Gasteiger partial charge on any atom is 0.220 e. The second-order valence-corrected chi connectivity index (χ2v) is 6.49. The fourth-order valence-corrected chi connectivity index (χ4v) is 3.95. The van der Waals surface area contributed by atoms with Crippen molar-refractivity contribution in [2.24, 2.45) is 5.92 Å². The molecule has 1 amide bonds. The van der Waals surface area contributed by atoms with E-state index in [0.29, 0.717) is 30.1 Å². The fraction of sp³-hybridized carbons (Fsp3) is 0.933. The lowest BCUT2D eigenvalue weighted by atomic mass is 9.87. The molecule has 4 nitrogen and oxygen atoms in total. The van der Waals surface area contributed by atoms with Crippen LogP contribution >= 0.6 is 0 Å². The highest BCUT2D eigenvalue weighted by Crippen LogP contribution is 2.32. The molecule has 3 fully saturated rings. The van der Waals surface area contributed by atoms with Gasteiger partial charge in [0.05, 0.1) is 6.10 Å². The molecule has 2 heterocycles. The minimum Gasteiger partial charge on any atom is -0.378 e. The van der Waals surface area contributed by atoms with Crippen LogP contribution in [0, 0.1) is 5.92 Å². The summed E-state index contributed by atoms with van der Waals surface area (Å²) in [5.74, 6) is 0.854. The number of carbonyl (C=O) groups is 1. The Bertz CT molecular complexity index is 316. The summed E-state index contributed by atoms with van der Waals surface area (Å²) >= 11 is 0. The van der Waals surface area contributed by atoms with E-state index in [-0.39, 0.29) is 5.91 Å². The third kappa shape index (κ3) is 3.29. The molecule has 0 spiro atoms. The van der Waals surface area contributed by atoms with E-state index in [1.165, 1.54) is 25.7 Å². The monoisotopic (exact) mass is 266 g/mol. The summed E-state index contributed by atoms with van der Waals surface area (Å²) in [6.07, 6.45) is 8.10. The maximum atomic E-state index is 12.0. The predicted molar refractivity (Wildman–Crippen MR) is 73.9 cm³/mol. The minimum absolute atomic E-state index is 0.256. The maximum absolute atomic E-state index is 12.0. The van der Waals surface area contributed by atoms with Gasteiger partial charge >= 0.3 is 0 Å². The first-order valence-corrected chi connectivity index (χ1v) is 7.90. The topological polar surface area (TPSA) is 50.4 Å². The molecule has 108 valence electrons. The summed E-state index contributed by atoms with van der Waals surface area (Å²) in [6, 6.07) is 1.73. The van der Waals surface area contributed by atoms with Crippen molar-refractivity contribution >= 4 is 5.91 Å². The van der Waals surface area contributed by atoms with Crippen molar-refractivity contribution in [1.29, 1.82) is 0 Å². The first-order chi connectivity index (χ1) is 9.22. The quantitative estimate of drug-likeness (QED) is 0.794. The Labute approximate surface area is 115 Å². The van der Waals surface area contributed by atoms with E-state index in [9.17, 15) is 4.79 Å². The van der Waals surface area contributed by atoms with Gasteiger partial charge in [-0.3, -0.25) is 4.79 Å². The fourth-order valence-electron chi connectivity index (χ4n) is 3.95. The molecule has 2 atom stereocenters.